The zero-order valence-corrected chi connectivity index (χ0v) is 22.4. The number of rotatable bonds is 5. The van der Waals surface area contributed by atoms with E-state index >= 15 is 0 Å². The van der Waals surface area contributed by atoms with Crippen molar-refractivity contribution in [3.8, 4) is 5.75 Å². The van der Waals surface area contributed by atoms with Crippen molar-refractivity contribution < 1.29 is 9.53 Å². The molecule has 0 spiro atoms. The van der Waals surface area contributed by atoms with Crippen molar-refractivity contribution in [1.82, 2.24) is 14.9 Å². The van der Waals surface area contributed by atoms with E-state index in [9.17, 15) is 4.79 Å². The number of likely N-dealkylation sites (N-methyl/N-ethyl adjacent to an activating group) is 1. The van der Waals surface area contributed by atoms with Crippen molar-refractivity contribution in [1.29, 1.82) is 0 Å². The average molecular weight is 533 g/mol. The summed E-state index contributed by atoms with van der Waals surface area (Å²) in [5.74, 6) is 1.60. The third kappa shape index (κ3) is 4.19. The number of piperazine rings is 1. The summed E-state index contributed by atoms with van der Waals surface area (Å²) >= 11 is 6.53. The summed E-state index contributed by atoms with van der Waals surface area (Å²) in [7, 11) is 3.71. The molecule has 0 radical (unpaired) electrons. The Morgan fingerprint density at radius 1 is 1.08 bits per heavy atom. The van der Waals surface area contributed by atoms with Gasteiger partial charge < -0.3 is 19.9 Å². The molecule has 0 atom stereocenters. The number of hydrogen-bond donors (Lipinski definition) is 1. The SMILES string of the molecule is COc1cccc(Cl)c1N1C(=O)c2cnc(Nc3ccc(N4CCN(C)CC4)c(C)c3)nc2N2CCN=C21. The maximum Gasteiger partial charge on any atom is 0.270 e. The first-order chi connectivity index (χ1) is 18.4. The number of hydrogen-bond acceptors (Lipinski definition) is 9. The summed E-state index contributed by atoms with van der Waals surface area (Å²) in [6, 6.07) is 11.6. The molecule has 0 bridgehead atoms. The number of aliphatic imine (C=N–C) groups is 1. The van der Waals surface area contributed by atoms with Gasteiger partial charge in [-0.15, -0.1) is 0 Å². The molecule has 2 aromatic carbocycles. The molecule has 0 saturated carbocycles. The van der Waals surface area contributed by atoms with E-state index in [0.29, 0.717) is 52.8 Å². The van der Waals surface area contributed by atoms with Crippen LogP contribution >= 0.6 is 11.6 Å². The molecule has 0 aliphatic carbocycles. The lowest BCUT2D eigenvalue weighted by Crippen LogP contribution is -2.51. The molecule has 3 aliphatic heterocycles. The highest BCUT2D eigenvalue weighted by Gasteiger charge is 2.41. The van der Waals surface area contributed by atoms with Crippen molar-refractivity contribution in [3.05, 3.63) is 58.7 Å². The molecule has 6 rings (SSSR count). The number of nitrogens with one attached hydrogen (secondary N) is 1. The van der Waals surface area contributed by atoms with Gasteiger partial charge >= 0.3 is 0 Å². The lowest BCUT2D eigenvalue weighted by atomic mass is 10.1. The summed E-state index contributed by atoms with van der Waals surface area (Å²) in [4.78, 5) is 35.7. The highest BCUT2D eigenvalue weighted by atomic mass is 35.5. The number of amides is 1. The maximum absolute atomic E-state index is 13.7. The van der Waals surface area contributed by atoms with Crippen LogP contribution in [0.25, 0.3) is 0 Å². The van der Waals surface area contributed by atoms with Gasteiger partial charge in [0.1, 0.15) is 17.0 Å². The molecule has 3 aliphatic rings. The quantitative estimate of drug-likeness (QED) is 0.531. The molecule has 0 unspecified atom stereocenters. The van der Waals surface area contributed by atoms with E-state index in [0.717, 1.165) is 31.9 Å². The Balaban J connectivity index is 1.29. The number of aromatic nitrogens is 2. The monoisotopic (exact) mass is 532 g/mol. The largest absolute Gasteiger partial charge is 0.494 e. The number of methoxy groups -OCH3 is 1. The average Bonchev–Trinajstić information content (AvgIpc) is 3.40. The van der Waals surface area contributed by atoms with E-state index in [-0.39, 0.29) is 5.91 Å². The Kier molecular flexibility index (Phi) is 6.29. The minimum atomic E-state index is -0.303. The summed E-state index contributed by atoms with van der Waals surface area (Å²) in [6.45, 7) is 7.40. The van der Waals surface area contributed by atoms with Crippen LogP contribution in [0.15, 0.2) is 47.6 Å². The van der Waals surface area contributed by atoms with Crippen molar-refractivity contribution in [2.75, 3.05) is 73.4 Å². The lowest BCUT2D eigenvalue weighted by Gasteiger charge is -2.35. The van der Waals surface area contributed by atoms with Gasteiger partial charge in [-0.25, -0.2) is 9.88 Å². The van der Waals surface area contributed by atoms with E-state index in [1.807, 2.05) is 11.0 Å². The Morgan fingerprint density at radius 3 is 2.66 bits per heavy atom. The second kappa shape index (κ2) is 9.77. The predicted octanol–water partition coefficient (Wildman–Crippen LogP) is 3.78. The molecule has 3 aromatic rings. The van der Waals surface area contributed by atoms with E-state index in [1.54, 1.807) is 31.5 Å². The number of ether oxygens (including phenoxy) is 1. The molecule has 1 fully saturated rings. The topological polar surface area (TPSA) is 89.4 Å². The van der Waals surface area contributed by atoms with Crippen molar-refractivity contribution >= 4 is 52.3 Å². The number of carbonyl (C=O) groups is 1. The standard InChI is InChI=1S/C27H29ClN8O2/c1-17-15-18(7-8-21(17)34-13-11-33(2)12-14-34)31-26-30-16-19-24(32-26)35-10-9-29-27(35)36(25(19)37)23-20(28)5-4-6-22(23)38-3/h4-8,15-16H,9-14H2,1-3H3,(H,30,31,32). The molecule has 196 valence electrons. The van der Waals surface area contributed by atoms with Crippen LogP contribution in [0.2, 0.25) is 5.02 Å². The molecule has 1 N–H and O–H groups in total. The molecule has 1 amide bonds. The molecular weight excluding hydrogens is 504 g/mol. The summed E-state index contributed by atoms with van der Waals surface area (Å²) in [5.41, 5.74) is 4.15. The van der Waals surface area contributed by atoms with E-state index in [2.05, 4.69) is 51.2 Å². The zero-order valence-electron chi connectivity index (χ0n) is 21.6. The zero-order chi connectivity index (χ0) is 26.4. The van der Waals surface area contributed by atoms with Gasteiger partial charge in [-0.1, -0.05) is 17.7 Å². The Bertz CT molecular complexity index is 1440. The van der Waals surface area contributed by atoms with Gasteiger partial charge in [0.15, 0.2) is 5.82 Å². The van der Waals surface area contributed by atoms with Gasteiger partial charge in [0.2, 0.25) is 11.9 Å². The number of nitrogens with zero attached hydrogens (tertiary/aromatic N) is 7. The third-order valence-electron chi connectivity index (χ3n) is 7.17. The van der Waals surface area contributed by atoms with Crippen LogP contribution in [0, 0.1) is 6.92 Å². The first-order valence-electron chi connectivity index (χ1n) is 12.6. The van der Waals surface area contributed by atoms with Crippen molar-refractivity contribution in [2.45, 2.75) is 6.92 Å². The Morgan fingerprint density at radius 2 is 1.89 bits per heavy atom. The summed E-state index contributed by atoms with van der Waals surface area (Å²) < 4.78 is 5.51. The highest BCUT2D eigenvalue weighted by Crippen LogP contribution is 2.41. The number of benzene rings is 2. The molecule has 1 aromatic heterocycles. The third-order valence-corrected chi connectivity index (χ3v) is 7.47. The van der Waals surface area contributed by atoms with Crippen molar-refractivity contribution in [3.63, 3.8) is 0 Å². The first-order valence-corrected chi connectivity index (χ1v) is 13.0. The van der Waals surface area contributed by atoms with Crippen LogP contribution in [0.5, 0.6) is 5.75 Å². The summed E-state index contributed by atoms with van der Waals surface area (Å²) in [5, 5.41) is 3.71. The minimum absolute atomic E-state index is 0.303. The van der Waals surface area contributed by atoms with Crippen LogP contribution in [-0.2, 0) is 0 Å². The van der Waals surface area contributed by atoms with E-state index < -0.39 is 0 Å². The van der Waals surface area contributed by atoms with E-state index in [1.165, 1.54) is 16.2 Å². The van der Waals surface area contributed by atoms with Gasteiger partial charge in [-0.05, 0) is 49.9 Å². The lowest BCUT2D eigenvalue weighted by molar-refractivity contribution is 0.0999. The fourth-order valence-corrected chi connectivity index (χ4v) is 5.42. The van der Waals surface area contributed by atoms with Gasteiger partial charge in [0.05, 0.1) is 18.7 Å². The van der Waals surface area contributed by atoms with Gasteiger partial charge in [0, 0.05) is 50.3 Å². The smallest absolute Gasteiger partial charge is 0.270 e. The molecule has 1 saturated heterocycles. The Labute approximate surface area is 226 Å². The van der Waals surface area contributed by atoms with Crippen LogP contribution in [-0.4, -0.2) is 80.2 Å². The van der Waals surface area contributed by atoms with Crippen molar-refractivity contribution in [2.24, 2.45) is 4.99 Å². The van der Waals surface area contributed by atoms with Crippen LogP contribution < -0.4 is 24.8 Å². The molecule has 38 heavy (non-hydrogen) atoms. The number of para-hydroxylation sites is 1. The molecular formula is C27H29ClN8O2. The normalized spacial score (nSPS) is 17.3. The predicted molar refractivity (Wildman–Crippen MR) is 151 cm³/mol. The fourth-order valence-electron chi connectivity index (χ4n) is 5.17. The van der Waals surface area contributed by atoms with Crippen LogP contribution in [0.1, 0.15) is 15.9 Å². The number of anilines is 5. The maximum atomic E-state index is 13.7. The second-order valence-electron chi connectivity index (χ2n) is 9.61. The number of halogens is 1. The highest BCUT2D eigenvalue weighted by molar-refractivity contribution is 6.39. The Hall–Kier alpha value is -3.89. The number of fused-ring (bicyclic) bond motifs is 3. The summed E-state index contributed by atoms with van der Waals surface area (Å²) in [6.07, 6.45) is 1.56. The number of carbonyl (C=O) groups excluding carboxylic acids is 1. The second-order valence-corrected chi connectivity index (χ2v) is 10.0. The van der Waals surface area contributed by atoms with Gasteiger partial charge in [-0.3, -0.25) is 14.7 Å². The number of guanidine groups is 1. The molecule has 4 heterocycles. The fraction of sp³-hybridized carbons (Fsp3) is 0.333. The van der Waals surface area contributed by atoms with E-state index in [4.69, 9.17) is 21.3 Å². The molecule has 11 heteroatoms. The molecule has 10 nitrogen and oxygen atoms in total. The van der Waals surface area contributed by atoms with Crippen LogP contribution in [0.3, 0.4) is 0 Å². The van der Waals surface area contributed by atoms with Gasteiger partial charge in [-0.2, -0.15) is 4.98 Å². The number of aryl methyl sites for hydroxylation is 1. The van der Waals surface area contributed by atoms with Gasteiger partial charge in [0.25, 0.3) is 5.91 Å². The van der Waals surface area contributed by atoms with Crippen LogP contribution in [0.4, 0.5) is 28.8 Å². The minimum Gasteiger partial charge on any atom is -0.494 e. The first kappa shape index (κ1) is 24.4.